The summed E-state index contributed by atoms with van der Waals surface area (Å²) in [6.07, 6.45) is 29.5. The highest BCUT2D eigenvalue weighted by Gasteiger charge is 2.36. The fourth-order valence-electron chi connectivity index (χ4n) is 5.93. The van der Waals surface area contributed by atoms with Crippen LogP contribution in [-0.2, 0) is 6.42 Å². The van der Waals surface area contributed by atoms with E-state index in [0.717, 1.165) is 19.0 Å². The van der Waals surface area contributed by atoms with Gasteiger partial charge in [-0.05, 0) is 24.0 Å². The van der Waals surface area contributed by atoms with Crippen LogP contribution in [0.25, 0.3) is 0 Å². The molecule has 3 rings (SSSR count). The van der Waals surface area contributed by atoms with Crippen molar-refractivity contribution in [3.05, 3.63) is 78.0 Å². The van der Waals surface area contributed by atoms with Crippen molar-refractivity contribution >= 4 is 12.4 Å². The molecule has 1 aliphatic rings. The molecule has 2 nitrogen and oxygen atoms in total. The molecule has 2 aromatic rings. The highest BCUT2D eigenvalue weighted by atomic mass is 15.0. The SMILES string of the molecule is CCCCCCCCCCCCCCCCCCC([C+]1N=CC=N1)C(Cc1ccccc1)c1ccccc1. The number of hydrogen-bond donors (Lipinski definition) is 0. The van der Waals surface area contributed by atoms with E-state index in [4.69, 9.17) is 0 Å². The lowest BCUT2D eigenvalue weighted by molar-refractivity contribution is 0.382. The molecule has 0 N–H and O–H groups in total. The second-order valence-corrected chi connectivity index (χ2v) is 11.3. The first-order valence-corrected chi connectivity index (χ1v) is 15.9. The van der Waals surface area contributed by atoms with Gasteiger partial charge in [0.1, 0.15) is 0 Å². The van der Waals surface area contributed by atoms with Gasteiger partial charge in [0.2, 0.25) is 6.17 Å². The maximum absolute atomic E-state index is 4.69. The first kappa shape index (κ1) is 30.2. The Morgan fingerprint density at radius 2 is 1.00 bits per heavy atom. The highest BCUT2D eigenvalue weighted by molar-refractivity contribution is 6.18. The van der Waals surface area contributed by atoms with Crippen molar-refractivity contribution in [2.75, 3.05) is 0 Å². The van der Waals surface area contributed by atoms with Gasteiger partial charge < -0.3 is 0 Å². The molecule has 0 amide bonds. The van der Waals surface area contributed by atoms with Crippen LogP contribution in [0.2, 0.25) is 0 Å². The summed E-state index contributed by atoms with van der Waals surface area (Å²) in [6, 6.07) is 22.0. The Morgan fingerprint density at radius 3 is 1.50 bits per heavy atom. The zero-order valence-corrected chi connectivity index (χ0v) is 24.2. The van der Waals surface area contributed by atoms with Gasteiger partial charge in [-0.15, -0.1) is 0 Å². The summed E-state index contributed by atoms with van der Waals surface area (Å²) < 4.78 is 0. The Bertz CT molecular complexity index is 861. The molecule has 0 radical (unpaired) electrons. The van der Waals surface area contributed by atoms with E-state index >= 15 is 0 Å². The van der Waals surface area contributed by atoms with Gasteiger partial charge >= 0.3 is 0 Å². The Morgan fingerprint density at radius 1 is 0.553 bits per heavy atom. The summed E-state index contributed by atoms with van der Waals surface area (Å²) in [7, 11) is 0. The maximum atomic E-state index is 4.69. The van der Waals surface area contributed by atoms with Crippen molar-refractivity contribution in [1.82, 2.24) is 0 Å². The number of aliphatic imine (C=N–C) groups is 2. The van der Waals surface area contributed by atoms with E-state index in [1.165, 1.54) is 114 Å². The van der Waals surface area contributed by atoms with Crippen molar-refractivity contribution in [2.45, 2.75) is 128 Å². The molecule has 2 unspecified atom stereocenters. The van der Waals surface area contributed by atoms with E-state index in [1.54, 1.807) is 0 Å². The van der Waals surface area contributed by atoms with E-state index in [1.807, 2.05) is 12.4 Å². The van der Waals surface area contributed by atoms with Crippen LogP contribution in [0, 0.1) is 12.1 Å². The molecule has 1 heterocycles. The van der Waals surface area contributed by atoms with Gasteiger partial charge in [0.05, 0.1) is 5.92 Å². The first-order valence-electron chi connectivity index (χ1n) is 15.9. The Balaban J connectivity index is 1.34. The molecule has 0 saturated carbocycles. The second-order valence-electron chi connectivity index (χ2n) is 11.3. The van der Waals surface area contributed by atoms with Gasteiger partial charge in [-0.1, -0.05) is 180 Å². The summed E-state index contributed by atoms with van der Waals surface area (Å²) in [5, 5.41) is 0. The molecule has 0 fully saturated rings. The average molecular weight is 514 g/mol. The van der Waals surface area contributed by atoms with E-state index < -0.39 is 0 Å². The number of hydrogen-bond acceptors (Lipinski definition) is 2. The van der Waals surface area contributed by atoms with Gasteiger partial charge in [0, 0.05) is 5.92 Å². The van der Waals surface area contributed by atoms with Crippen molar-refractivity contribution in [3.63, 3.8) is 0 Å². The lowest BCUT2D eigenvalue weighted by Gasteiger charge is -2.26. The van der Waals surface area contributed by atoms with E-state index in [-0.39, 0.29) is 0 Å². The summed E-state index contributed by atoms with van der Waals surface area (Å²) in [4.78, 5) is 9.37. The molecule has 38 heavy (non-hydrogen) atoms. The average Bonchev–Trinajstić information content (AvgIpc) is 3.50. The lowest BCUT2D eigenvalue weighted by Crippen LogP contribution is -2.20. The third-order valence-corrected chi connectivity index (χ3v) is 8.19. The molecule has 0 aromatic heterocycles. The molecule has 0 saturated heterocycles. The number of benzene rings is 2. The minimum atomic E-state index is 0.360. The maximum Gasteiger partial charge on any atom is 0.244 e. The van der Waals surface area contributed by atoms with Crippen LogP contribution in [0.5, 0.6) is 0 Å². The van der Waals surface area contributed by atoms with Gasteiger partial charge in [0.15, 0.2) is 12.4 Å². The third kappa shape index (κ3) is 12.0. The largest absolute Gasteiger partial charge is 0.244 e. The quantitative estimate of drug-likeness (QED) is 0.110. The van der Waals surface area contributed by atoms with Gasteiger partial charge in [-0.2, -0.15) is 0 Å². The molecule has 2 aromatic carbocycles. The Kier molecular flexibility index (Phi) is 15.6. The third-order valence-electron chi connectivity index (χ3n) is 8.19. The van der Waals surface area contributed by atoms with Crippen LogP contribution < -0.4 is 0 Å². The van der Waals surface area contributed by atoms with Crippen molar-refractivity contribution in [3.8, 4) is 0 Å². The summed E-state index contributed by atoms with van der Waals surface area (Å²) in [5.41, 5.74) is 2.80. The molecule has 2 heteroatoms. The summed E-state index contributed by atoms with van der Waals surface area (Å²) >= 11 is 0. The fourth-order valence-corrected chi connectivity index (χ4v) is 5.93. The monoisotopic (exact) mass is 513 g/mol. The molecular weight excluding hydrogens is 460 g/mol. The smallest absolute Gasteiger partial charge is 0.0965 e. The minimum Gasteiger partial charge on any atom is -0.0965 e. The van der Waals surface area contributed by atoms with Crippen LogP contribution in [0.1, 0.15) is 133 Å². The van der Waals surface area contributed by atoms with Crippen molar-refractivity contribution in [2.24, 2.45) is 15.9 Å². The number of rotatable bonds is 22. The lowest BCUT2D eigenvalue weighted by atomic mass is 9.77. The van der Waals surface area contributed by atoms with Gasteiger partial charge in [-0.3, -0.25) is 0 Å². The summed E-state index contributed by atoms with van der Waals surface area (Å²) in [5.74, 6) is 0.761. The van der Waals surface area contributed by atoms with Crippen LogP contribution in [0.15, 0.2) is 70.6 Å². The molecule has 0 aliphatic carbocycles. The zero-order valence-electron chi connectivity index (χ0n) is 24.2. The van der Waals surface area contributed by atoms with E-state index in [0.29, 0.717) is 11.8 Å². The second kappa shape index (κ2) is 19.7. The van der Waals surface area contributed by atoms with E-state index in [2.05, 4.69) is 77.6 Å². The van der Waals surface area contributed by atoms with Gasteiger partial charge in [0.25, 0.3) is 0 Å². The zero-order chi connectivity index (χ0) is 26.5. The highest BCUT2D eigenvalue weighted by Crippen LogP contribution is 2.40. The molecular formula is C36H53N2+. The number of nitrogens with zero attached hydrogens (tertiary/aromatic N) is 2. The van der Waals surface area contributed by atoms with E-state index in [9.17, 15) is 0 Å². The molecule has 1 aliphatic heterocycles. The van der Waals surface area contributed by atoms with Crippen LogP contribution in [0.3, 0.4) is 0 Å². The normalized spacial score (nSPS) is 14.3. The van der Waals surface area contributed by atoms with Gasteiger partial charge in [-0.25, -0.2) is 0 Å². The predicted molar refractivity (Wildman–Crippen MR) is 167 cm³/mol. The topological polar surface area (TPSA) is 24.7 Å². The predicted octanol–water partition coefficient (Wildman–Crippen LogP) is 10.9. The summed E-state index contributed by atoms with van der Waals surface area (Å²) in [6.45, 7) is 2.30. The molecule has 0 bridgehead atoms. The van der Waals surface area contributed by atoms with Crippen LogP contribution >= 0.6 is 0 Å². The molecule has 206 valence electrons. The fraction of sp³-hybridized carbons (Fsp3) is 0.583. The standard InChI is InChI=1S/C36H53N2/c1-2-3-4-5-6-7-8-9-10-11-12-13-14-15-16-23-28-34(36-37-29-30-38-36)35(33-26-21-18-22-27-33)31-32-24-19-17-20-25-32/h17-22,24-27,29-30,34-35H,2-16,23,28,31H2,1H3/q+1. The Hall–Kier alpha value is -2.35. The Labute approximate surface area is 234 Å². The molecule has 2 atom stereocenters. The van der Waals surface area contributed by atoms with Crippen molar-refractivity contribution in [1.29, 1.82) is 0 Å². The minimum absolute atomic E-state index is 0.360. The van der Waals surface area contributed by atoms with Crippen molar-refractivity contribution < 1.29 is 0 Å². The van der Waals surface area contributed by atoms with Crippen LogP contribution in [0.4, 0.5) is 0 Å². The molecule has 0 spiro atoms. The number of unbranched alkanes of at least 4 members (excludes halogenated alkanes) is 15. The van der Waals surface area contributed by atoms with Crippen LogP contribution in [-0.4, -0.2) is 12.4 Å². The first-order chi connectivity index (χ1) is 18.9.